The Balaban J connectivity index is 2.00. The summed E-state index contributed by atoms with van der Waals surface area (Å²) in [6.07, 6.45) is 5.21. The number of nitrogens with one attached hydrogen (secondary N) is 1. The third kappa shape index (κ3) is 4.95. The van der Waals surface area contributed by atoms with Crippen molar-refractivity contribution in [1.82, 2.24) is 0 Å². The summed E-state index contributed by atoms with van der Waals surface area (Å²) in [4.78, 5) is 14.1. The first-order valence-corrected chi connectivity index (χ1v) is 14.0. The van der Waals surface area contributed by atoms with Gasteiger partial charge in [-0.15, -0.1) is 0 Å². The maximum Gasteiger partial charge on any atom is 0.248 e. The average molecular weight is 462 g/mol. The first kappa shape index (κ1) is 23.5. The number of para-hydroxylation sites is 1. The molecule has 0 bridgehead atoms. The molecule has 1 N–H and O–H groups in total. The van der Waals surface area contributed by atoms with Gasteiger partial charge in [0.05, 0.1) is 0 Å². The third-order valence-corrected chi connectivity index (χ3v) is 11.0. The van der Waals surface area contributed by atoms with E-state index in [0.29, 0.717) is 0 Å². The number of hydrogen-bond acceptors (Lipinski definition) is 1. The highest BCUT2D eigenvalue weighted by Gasteiger charge is 2.45. The Labute approximate surface area is 204 Å². The molecule has 170 valence electrons. The standard InChI is InChI=1S/C31H31NOSi/c1-2-3-8-25-30(31(33)32-26-17-9-4-10-18-26)34(27-19-11-5-12-20-27,28-21-13-6-14-22-28)29-23-15-7-16-24-29/h4-7,9-25H,2-3,8H2,1H3,(H,32,33)/b30-25-. The molecular weight excluding hydrogens is 430 g/mol. The number of rotatable bonds is 9. The van der Waals surface area contributed by atoms with E-state index in [9.17, 15) is 4.79 Å². The number of hydrogen-bond donors (Lipinski definition) is 1. The van der Waals surface area contributed by atoms with Crippen LogP contribution in [0.25, 0.3) is 0 Å². The van der Waals surface area contributed by atoms with Crippen molar-refractivity contribution in [3.05, 3.63) is 133 Å². The fourth-order valence-electron chi connectivity index (χ4n) is 4.62. The average Bonchev–Trinajstić information content (AvgIpc) is 2.90. The molecule has 4 rings (SSSR count). The minimum atomic E-state index is -2.87. The zero-order valence-corrected chi connectivity index (χ0v) is 20.7. The van der Waals surface area contributed by atoms with Gasteiger partial charge in [-0.3, -0.25) is 4.79 Å². The summed E-state index contributed by atoms with van der Waals surface area (Å²) in [7, 11) is -2.87. The number of unbranched alkanes of at least 4 members (excludes halogenated alkanes) is 2. The van der Waals surface area contributed by atoms with Crippen LogP contribution in [0.4, 0.5) is 5.69 Å². The smallest absolute Gasteiger partial charge is 0.248 e. The molecule has 0 spiro atoms. The molecule has 0 saturated heterocycles. The lowest BCUT2D eigenvalue weighted by atomic mass is 10.2. The van der Waals surface area contributed by atoms with Crippen molar-refractivity contribution in [2.45, 2.75) is 26.2 Å². The van der Waals surface area contributed by atoms with Gasteiger partial charge in [-0.1, -0.05) is 135 Å². The van der Waals surface area contributed by atoms with Crippen molar-refractivity contribution in [2.24, 2.45) is 0 Å². The van der Waals surface area contributed by atoms with Gasteiger partial charge in [-0.2, -0.15) is 0 Å². The van der Waals surface area contributed by atoms with Gasteiger partial charge in [0.2, 0.25) is 5.91 Å². The molecule has 1 amide bonds. The highest BCUT2D eigenvalue weighted by atomic mass is 28.3. The summed E-state index contributed by atoms with van der Waals surface area (Å²) in [6, 6.07) is 41.5. The largest absolute Gasteiger partial charge is 0.323 e. The maximum atomic E-state index is 14.1. The summed E-state index contributed by atoms with van der Waals surface area (Å²) in [5, 5.41) is 7.71. The fraction of sp³-hybridized carbons (Fsp3) is 0.129. The summed E-state index contributed by atoms with van der Waals surface area (Å²) in [5.74, 6) is -0.0227. The van der Waals surface area contributed by atoms with Crippen LogP contribution >= 0.6 is 0 Å². The van der Waals surface area contributed by atoms with E-state index in [-0.39, 0.29) is 5.91 Å². The second-order valence-corrected chi connectivity index (χ2v) is 12.2. The second kappa shape index (κ2) is 11.4. The Morgan fingerprint density at radius 2 is 1.09 bits per heavy atom. The molecule has 0 radical (unpaired) electrons. The van der Waals surface area contributed by atoms with Crippen LogP contribution in [0, 0.1) is 0 Å². The van der Waals surface area contributed by atoms with Crippen LogP contribution in [0.3, 0.4) is 0 Å². The number of carbonyl (C=O) groups is 1. The monoisotopic (exact) mass is 461 g/mol. The van der Waals surface area contributed by atoms with E-state index in [1.807, 2.05) is 48.5 Å². The molecule has 2 nitrogen and oxygen atoms in total. The number of allylic oxidation sites excluding steroid dienone is 1. The van der Waals surface area contributed by atoms with Crippen LogP contribution in [0.15, 0.2) is 133 Å². The molecule has 0 fully saturated rings. The minimum absolute atomic E-state index is 0.0227. The van der Waals surface area contributed by atoms with Crippen molar-refractivity contribution in [1.29, 1.82) is 0 Å². The summed E-state index contributed by atoms with van der Waals surface area (Å²) in [5.41, 5.74) is 0.811. The van der Waals surface area contributed by atoms with Gasteiger partial charge in [-0.05, 0) is 34.1 Å². The third-order valence-electron chi connectivity index (χ3n) is 6.21. The van der Waals surface area contributed by atoms with E-state index in [0.717, 1.165) is 30.1 Å². The van der Waals surface area contributed by atoms with Crippen molar-refractivity contribution < 1.29 is 4.79 Å². The first-order valence-electron chi connectivity index (χ1n) is 12.0. The minimum Gasteiger partial charge on any atom is -0.323 e. The molecule has 0 aliphatic heterocycles. The Morgan fingerprint density at radius 3 is 1.50 bits per heavy atom. The lowest BCUT2D eigenvalue weighted by Gasteiger charge is -2.35. The van der Waals surface area contributed by atoms with Crippen molar-refractivity contribution >= 4 is 35.2 Å². The normalized spacial score (nSPS) is 11.7. The molecule has 34 heavy (non-hydrogen) atoms. The Hall–Kier alpha value is -3.69. The zero-order chi connectivity index (χ0) is 23.6. The lowest BCUT2D eigenvalue weighted by Crippen LogP contribution is -2.70. The quantitative estimate of drug-likeness (QED) is 0.153. The summed E-state index contributed by atoms with van der Waals surface area (Å²) >= 11 is 0. The van der Waals surface area contributed by atoms with Gasteiger partial charge in [0, 0.05) is 10.9 Å². The number of carbonyl (C=O) groups excluding carboxylic acids is 1. The highest BCUT2D eigenvalue weighted by Crippen LogP contribution is 2.21. The van der Waals surface area contributed by atoms with E-state index in [4.69, 9.17) is 0 Å². The molecule has 0 unspecified atom stereocenters. The SMILES string of the molecule is CCCC/C=C(/C(=O)Nc1ccccc1)[Si](c1ccccc1)(c1ccccc1)c1ccccc1. The maximum absolute atomic E-state index is 14.1. The van der Waals surface area contributed by atoms with E-state index >= 15 is 0 Å². The van der Waals surface area contributed by atoms with Crippen LogP contribution in [-0.4, -0.2) is 14.0 Å². The van der Waals surface area contributed by atoms with Crippen LogP contribution in [0.1, 0.15) is 26.2 Å². The molecule has 0 saturated carbocycles. The second-order valence-electron chi connectivity index (χ2n) is 8.43. The number of amides is 1. The molecule has 4 aromatic carbocycles. The lowest BCUT2D eigenvalue weighted by molar-refractivity contribution is -0.112. The molecular formula is C31H31NOSi. The molecule has 0 aliphatic carbocycles. The number of benzene rings is 4. The van der Waals surface area contributed by atoms with Crippen LogP contribution in [0.2, 0.25) is 0 Å². The molecule has 0 aromatic heterocycles. The first-order chi connectivity index (χ1) is 16.8. The van der Waals surface area contributed by atoms with Gasteiger partial charge >= 0.3 is 0 Å². The van der Waals surface area contributed by atoms with Gasteiger partial charge in [-0.25, -0.2) is 0 Å². The van der Waals surface area contributed by atoms with Crippen molar-refractivity contribution in [3.8, 4) is 0 Å². The Morgan fingerprint density at radius 1 is 0.676 bits per heavy atom. The zero-order valence-electron chi connectivity index (χ0n) is 19.7. The predicted octanol–water partition coefficient (Wildman–Crippen LogP) is 5.45. The van der Waals surface area contributed by atoms with Crippen molar-refractivity contribution in [3.63, 3.8) is 0 Å². The Kier molecular flexibility index (Phi) is 7.90. The molecule has 0 aliphatic rings. The van der Waals surface area contributed by atoms with Crippen LogP contribution in [-0.2, 0) is 4.79 Å². The van der Waals surface area contributed by atoms with Crippen molar-refractivity contribution in [2.75, 3.05) is 5.32 Å². The van der Waals surface area contributed by atoms with E-state index in [1.165, 1.54) is 15.6 Å². The highest BCUT2D eigenvalue weighted by molar-refractivity contribution is 7.18. The predicted molar refractivity (Wildman–Crippen MR) is 147 cm³/mol. The molecule has 0 heterocycles. The summed E-state index contributed by atoms with van der Waals surface area (Å²) < 4.78 is 0. The number of anilines is 1. The molecule has 3 heteroatoms. The van der Waals surface area contributed by atoms with E-state index in [1.54, 1.807) is 0 Å². The Bertz CT molecular complexity index is 1110. The molecule has 0 atom stereocenters. The van der Waals surface area contributed by atoms with Crippen LogP contribution < -0.4 is 20.9 Å². The topological polar surface area (TPSA) is 29.1 Å². The van der Waals surface area contributed by atoms with Crippen LogP contribution in [0.5, 0.6) is 0 Å². The summed E-state index contributed by atoms with van der Waals surface area (Å²) in [6.45, 7) is 2.19. The van der Waals surface area contributed by atoms with Gasteiger partial charge < -0.3 is 5.32 Å². The van der Waals surface area contributed by atoms with Gasteiger partial charge in [0.25, 0.3) is 0 Å². The van der Waals surface area contributed by atoms with E-state index in [2.05, 4.69) is 91.1 Å². The van der Waals surface area contributed by atoms with Gasteiger partial charge in [0.15, 0.2) is 8.07 Å². The van der Waals surface area contributed by atoms with Gasteiger partial charge in [0.1, 0.15) is 0 Å². The fourth-order valence-corrected chi connectivity index (χ4v) is 9.48. The molecule has 4 aromatic rings. The van der Waals surface area contributed by atoms with E-state index < -0.39 is 8.07 Å².